The lowest BCUT2D eigenvalue weighted by Crippen LogP contribution is -1.74. The molecule has 0 saturated heterocycles. The van der Waals surface area contributed by atoms with Crippen molar-refractivity contribution >= 4 is 59.0 Å². The average molecular weight is 312 g/mol. The Kier molecular flexibility index (Phi) is 2.46. The largest absolute Gasteiger partial charge is 0.134 e. The van der Waals surface area contributed by atoms with Gasteiger partial charge in [-0.15, -0.1) is 11.3 Å². The van der Waals surface area contributed by atoms with Gasteiger partial charge in [-0.2, -0.15) is 0 Å². The summed E-state index contributed by atoms with van der Waals surface area (Å²) in [6, 6.07) is 10.4. The molecule has 1 aromatic heterocycles. The monoisotopic (exact) mass is 310 g/mol. The molecule has 0 unspecified atom stereocenters. The highest BCUT2D eigenvalue weighted by molar-refractivity contribution is 9.10. The van der Waals surface area contributed by atoms with E-state index in [4.69, 9.17) is 11.6 Å². The summed E-state index contributed by atoms with van der Waals surface area (Å²) in [7, 11) is 0. The fourth-order valence-corrected chi connectivity index (χ4v) is 4.23. The van der Waals surface area contributed by atoms with Gasteiger partial charge in [0.15, 0.2) is 0 Å². The Bertz CT molecular complexity index is 700. The van der Waals surface area contributed by atoms with E-state index >= 15 is 0 Å². The molecule has 0 saturated carbocycles. The molecule has 0 nitrogen and oxygen atoms in total. The quantitative estimate of drug-likeness (QED) is 0.494. The third-order valence-electron chi connectivity index (χ3n) is 2.71. The molecule has 0 aliphatic rings. The SMILES string of the molecule is Cc1cc(Cl)cc2sc3c(Br)cccc3c12. The number of halogens is 2. The Balaban J connectivity index is 2.61. The molecule has 0 bridgehead atoms. The van der Waals surface area contributed by atoms with Crippen LogP contribution < -0.4 is 0 Å². The fraction of sp³-hybridized carbons (Fsp3) is 0.0769. The summed E-state index contributed by atoms with van der Waals surface area (Å²) in [5.41, 5.74) is 1.24. The summed E-state index contributed by atoms with van der Waals surface area (Å²) < 4.78 is 3.71. The number of rotatable bonds is 0. The highest BCUT2D eigenvalue weighted by Gasteiger charge is 2.10. The van der Waals surface area contributed by atoms with E-state index in [9.17, 15) is 0 Å². The van der Waals surface area contributed by atoms with E-state index in [1.165, 1.54) is 25.7 Å². The normalized spacial score (nSPS) is 11.4. The molecular formula is C13H8BrClS. The summed E-state index contributed by atoms with van der Waals surface area (Å²) in [6.45, 7) is 2.11. The van der Waals surface area contributed by atoms with Crippen LogP contribution in [0.4, 0.5) is 0 Å². The standard InChI is InChI=1S/C13H8BrClS/c1-7-5-8(15)6-11-12(7)9-3-2-4-10(14)13(9)16-11/h2-6H,1H3. The molecule has 0 aliphatic heterocycles. The molecule has 16 heavy (non-hydrogen) atoms. The van der Waals surface area contributed by atoms with Gasteiger partial charge in [-0.05, 0) is 46.6 Å². The first-order valence-electron chi connectivity index (χ1n) is 4.93. The predicted molar refractivity (Wildman–Crippen MR) is 76.8 cm³/mol. The molecule has 0 atom stereocenters. The highest BCUT2D eigenvalue weighted by Crippen LogP contribution is 2.40. The second-order valence-electron chi connectivity index (χ2n) is 3.81. The topological polar surface area (TPSA) is 0 Å². The molecule has 3 aromatic rings. The van der Waals surface area contributed by atoms with E-state index in [1.807, 2.05) is 12.1 Å². The van der Waals surface area contributed by atoms with Crippen LogP contribution >= 0.6 is 38.9 Å². The first-order chi connectivity index (χ1) is 7.66. The third kappa shape index (κ3) is 1.48. The van der Waals surface area contributed by atoms with Gasteiger partial charge >= 0.3 is 0 Å². The minimum Gasteiger partial charge on any atom is -0.134 e. The van der Waals surface area contributed by atoms with Gasteiger partial charge in [0, 0.05) is 29.7 Å². The Hall–Kier alpha value is -0.570. The molecule has 0 N–H and O–H groups in total. The molecule has 3 rings (SSSR count). The van der Waals surface area contributed by atoms with Gasteiger partial charge in [-0.25, -0.2) is 0 Å². The average Bonchev–Trinajstić information content (AvgIpc) is 2.57. The van der Waals surface area contributed by atoms with E-state index in [1.54, 1.807) is 11.3 Å². The highest BCUT2D eigenvalue weighted by atomic mass is 79.9. The zero-order chi connectivity index (χ0) is 11.3. The Morgan fingerprint density at radius 1 is 1.25 bits per heavy atom. The molecule has 0 amide bonds. The molecular weight excluding hydrogens is 304 g/mol. The van der Waals surface area contributed by atoms with Gasteiger partial charge in [-0.1, -0.05) is 23.7 Å². The van der Waals surface area contributed by atoms with Gasteiger partial charge in [0.25, 0.3) is 0 Å². The molecule has 80 valence electrons. The van der Waals surface area contributed by atoms with Crippen LogP contribution in [0.3, 0.4) is 0 Å². The van der Waals surface area contributed by atoms with Gasteiger partial charge in [0.05, 0.1) is 0 Å². The Morgan fingerprint density at radius 3 is 2.88 bits per heavy atom. The molecule has 0 aliphatic carbocycles. The number of hydrogen-bond acceptors (Lipinski definition) is 1. The second kappa shape index (κ2) is 3.73. The van der Waals surface area contributed by atoms with Crippen molar-refractivity contribution in [2.75, 3.05) is 0 Å². The second-order valence-corrected chi connectivity index (χ2v) is 6.16. The first kappa shape index (κ1) is 10.6. The molecule has 2 aromatic carbocycles. The van der Waals surface area contributed by atoms with E-state index in [0.717, 1.165) is 9.50 Å². The number of benzene rings is 2. The van der Waals surface area contributed by atoms with Crippen LogP contribution in [-0.4, -0.2) is 0 Å². The maximum absolute atomic E-state index is 6.09. The predicted octanol–water partition coefficient (Wildman–Crippen LogP) is 5.78. The van der Waals surface area contributed by atoms with Crippen LogP contribution in [0.5, 0.6) is 0 Å². The van der Waals surface area contributed by atoms with Crippen molar-refractivity contribution in [3.05, 3.63) is 45.4 Å². The smallest absolute Gasteiger partial charge is 0.0497 e. The third-order valence-corrected chi connectivity index (χ3v) is 5.04. The number of thiophene rings is 1. The van der Waals surface area contributed by atoms with E-state index in [2.05, 4.69) is 41.1 Å². The molecule has 3 heteroatoms. The minimum absolute atomic E-state index is 0.813. The Labute approximate surface area is 111 Å². The summed E-state index contributed by atoms with van der Waals surface area (Å²) in [5, 5.41) is 3.45. The summed E-state index contributed by atoms with van der Waals surface area (Å²) in [6.07, 6.45) is 0. The van der Waals surface area contributed by atoms with Crippen molar-refractivity contribution in [2.45, 2.75) is 6.92 Å². The van der Waals surface area contributed by atoms with Crippen molar-refractivity contribution in [1.29, 1.82) is 0 Å². The van der Waals surface area contributed by atoms with E-state index in [-0.39, 0.29) is 0 Å². The maximum Gasteiger partial charge on any atom is 0.0497 e. The van der Waals surface area contributed by atoms with Crippen LogP contribution in [0.1, 0.15) is 5.56 Å². The van der Waals surface area contributed by atoms with Crippen LogP contribution in [-0.2, 0) is 0 Å². The Morgan fingerprint density at radius 2 is 2.06 bits per heavy atom. The zero-order valence-electron chi connectivity index (χ0n) is 8.55. The number of aryl methyl sites for hydroxylation is 1. The van der Waals surface area contributed by atoms with E-state index < -0.39 is 0 Å². The van der Waals surface area contributed by atoms with Crippen LogP contribution in [0.15, 0.2) is 34.8 Å². The van der Waals surface area contributed by atoms with Crippen molar-refractivity contribution < 1.29 is 0 Å². The zero-order valence-corrected chi connectivity index (χ0v) is 11.7. The molecule has 0 radical (unpaired) electrons. The summed E-state index contributed by atoms with van der Waals surface area (Å²) >= 11 is 11.5. The van der Waals surface area contributed by atoms with Gasteiger partial charge in [-0.3, -0.25) is 0 Å². The first-order valence-corrected chi connectivity index (χ1v) is 6.92. The minimum atomic E-state index is 0.813. The van der Waals surface area contributed by atoms with Crippen molar-refractivity contribution in [3.8, 4) is 0 Å². The molecule has 1 heterocycles. The van der Waals surface area contributed by atoms with Gasteiger partial charge < -0.3 is 0 Å². The molecule has 0 spiro atoms. The fourth-order valence-electron chi connectivity index (χ4n) is 2.06. The summed E-state index contributed by atoms with van der Waals surface area (Å²) in [5.74, 6) is 0. The lowest BCUT2D eigenvalue weighted by molar-refractivity contribution is 1.55. The van der Waals surface area contributed by atoms with Gasteiger partial charge in [0.1, 0.15) is 0 Å². The van der Waals surface area contributed by atoms with Gasteiger partial charge in [0.2, 0.25) is 0 Å². The van der Waals surface area contributed by atoms with Crippen LogP contribution in [0.2, 0.25) is 5.02 Å². The van der Waals surface area contributed by atoms with Crippen molar-refractivity contribution in [1.82, 2.24) is 0 Å². The summed E-state index contributed by atoms with van der Waals surface area (Å²) in [4.78, 5) is 0. The van der Waals surface area contributed by atoms with Crippen LogP contribution in [0.25, 0.3) is 20.2 Å². The van der Waals surface area contributed by atoms with Crippen molar-refractivity contribution in [2.24, 2.45) is 0 Å². The van der Waals surface area contributed by atoms with E-state index in [0.29, 0.717) is 0 Å². The lowest BCUT2D eigenvalue weighted by atomic mass is 10.1. The lowest BCUT2D eigenvalue weighted by Gasteiger charge is -1.98. The number of hydrogen-bond donors (Lipinski definition) is 0. The maximum atomic E-state index is 6.09. The van der Waals surface area contributed by atoms with Crippen molar-refractivity contribution in [3.63, 3.8) is 0 Å². The number of fused-ring (bicyclic) bond motifs is 3. The van der Waals surface area contributed by atoms with Crippen LogP contribution in [0, 0.1) is 6.92 Å². The molecule has 0 fully saturated rings.